The van der Waals surface area contributed by atoms with Crippen molar-refractivity contribution in [3.63, 3.8) is 0 Å². The second-order valence-electron chi connectivity index (χ2n) is 6.91. The second-order valence-corrected chi connectivity index (χ2v) is 8.12. The lowest BCUT2D eigenvalue weighted by molar-refractivity contribution is -0.148. The number of hydrogen-bond acceptors (Lipinski definition) is 4. The lowest BCUT2D eigenvalue weighted by atomic mass is 9.88. The Hall–Kier alpha value is -0.750. The number of nitrogens with zero attached hydrogens (tertiary/aromatic N) is 1. The topological polar surface area (TPSA) is 58.6 Å². The molecule has 2 rings (SSSR count). The average Bonchev–Trinajstić information content (AvgIpc) is 2.95. The summed E-state index contributed by atoms with van der Waals surface area (Å²) in [5, 5.41) is 0.113. The molecule has 0 bridgehead atoms. The van der Waals surface area contributed by atoms with E-state index in [4.69, 9.17) is 4.84 Å². The molecule has 2 amide bonds. The Labute approximate surface area is 143 Å². The van der Waals surface area contributed by atoms with E-state index >= 15 is 0 Å². The molecule has 0 spiro atoms. The van der Waals surface area contributed by atoms with Crippen LogP contribution in [-0.4, -0.2) is 40.5 Å². The van der Waals surface area contributed by atoms with Crippen LogP contribution in [0, 0.1) is 11.8 Å². The molecule has 1 aliphatic heterocycles. The van der Waals surface area contributed by atoms with E-state index in [-0.39, 0.29) is 23.1 Å². The average molecular weight is 343 g/mol. The van der Waals surface area contributed by atoms with Crippen LogP contribution in [0.1, 0.15) is 59.3 Å². The van der Waals surface area contributed by atoms with E-state index in [1.54, 1.807) is 11.8 Å². The van der Waals surface area contributed by atoms with Gasteiger partial charge < -0.3 is 4.90 Å². The number of hydrogen-bond donors (Lipinski definition) is 1. The van der Waals surface area contributed by atoms with Crippen molar-refractivity contribution in [3.8, 4) is 0 Å². The van der Waals surface area contributed by atoms with Crippen molar-refractivity contribution >= 4 is 23.6 Å². The van der Waals surface area contributed by atoms with E-state index < -0.39 is 6.04 Å². The molecule has 2 atom stereocenters. The number of nitrogens with one attached hydrogen (secondary N) is 1. The van der Waals surface area contributed by atoms with E-state index in [9.17, 15) is 9.59 Å². The third-order valence-corrected chi connectivity index (χ3v) is 5.91. The number of rotatable bonds is 6. The summed E-state index contributed by atoms with van der Waals surface area (Å²) in [5.74, 6) is 1.25. The lowest BCUT2D eigenvalue weighted by Gasteiger charge is -2.34. The highest BCUT2D eigenvalue weighted by atomic mass is 32.2. The van der Waals surface area contributed by atoms with Gasteiger partial charge in [0.1, 0.15) is 6.04 Å². The largest absolute Gasteiger partial charge is 0.318 e. The maximum Gasteiger partial charge on any atom is 0.267 e. The summed E-state index contributed by atoms with van der Waals surface area (Å²) in [4.78, 5) is 32.4. The molecule has 6 heteroatoms. The molecule has 0 aromatic rings. The number of carbonyl (C=O) groups is 2. The van der Waals surface area contributed by atoms with Gasteiger partial charge in [-0.25, -0.2) is 5.48 Å². The van der Waals surface area contributed by atoms with Crippen molar-refractivity contribution < 1.29 is 14.4 Å². The van der Waals surface area contributed by atoms with E-state index in [0.717, 1.165) is 32.1 Å². The first-order chi connectivity index (χ1) is 11.0. The first kappa shape index (κ1) is 18.6. The summed E-state index contributed by atoms with van der Waals surface area (Å²) in [5.41, 5.74) is 2.49. The molecule has 1 N–H and O–H groups in total. The summed E-state index contributed by atoms with van der Waals surface area (Å²) in [7, 11) is 0. The smallest absolute Gasteiger partial charge is 0.267 e. The highest BCUT2D eigenvalue weighted by Gasteiger charge is 2.43. The molecule has 2 aliphatic rings. The van der Waals surface area contributed by atoms with Gasteiger partial charge in [-0.05, 0) is 32.1 Å². The first-order valence-electron chi connectivity index (χ1n) is 8.90. The molecule has 132 valence electrons. The van der Waals surface area contributed by atoms with E-state index in [0.29, 0.717) is 18.3 Å². The van der Waals surface area contributed by atoms with E-state index in [1.807, 2.05) is 11.8 Å². The van der Waals surface area contributed by atoms with E-state index in [1.165, 1.54) is 6.42 Å². The van der Waals surface area contributed by atoms with Gasteiger partial charge in [-0.3, -0.25) is 14.4 Å². The Morgan fingerprint density at radius 2 is 1.96 bits per heavy atom. The molecule has 0 aromatic carbocycles. The van der Waals surface area contributed by atoms with Gasteiger partial charge in [-0.1, -0.05) is 33.1 Å². The van der Waals surface area contributed by atoms with Crippen LogP contribution in [-0.2, 0) is 14.4 Å². The molecular formula is C17H30N2O3S. The minimum Gasteiger partial charge on any atom is -0.318 e. The maximum absolute atomic E-state index is 13.1. The van der Waals surface area contributed by atoms with Crippen molar-refractivity contribution in [2.24, 2.45) is 11.8 Å². The zero-order valence-electron chi connectivity index (χ0n) is 14.5. The van der Waals surface area contributed by atoms with Gasteiger partial charge >= 0.3 is 0 Å². The van der Waals surface area contributed by atoms with Crippen molar-refractivity contribution in [2.45, 2.75) is 70.7 Å². The predicted molar refractivity (Wildman–Crippen MR) is 92.7 cm³/mol. The highest BCUT2D eigenvalue weighted by molar-refractivity contribution is 8.00. The van der Waals surface area contributed by atoms with Crippen LogP contribution in [0.15, 0.2) is 0 Å². The molecule has 2 fully saturated rings. The van der Waals surface area contributed by atoms with Gasteiger partial charge in [0.25, 0.3) is 5.91 Å². The fraction of sp³-hybridized carbons (Fsp3) is 0.882. The Kier molecular flexibility index (Phi) is 7.21. The second kappa shape index (κ2) is 8.92. The van der Waals surface area contributed by atoms with Gasteiger partial charge in [-0.2, -0.15) is 0 Å². The third kappa shape index (κ3) is 4.86. The Bertz CT molecular complexity index is 411. The molecule has 1 saturated carbocycles. The first-order valence-corrected chi connectivity index (χ1v) is 9.94. The zero-order chi connectivity index (χ0) is 16.8. The molecule has 0 radical (unpaired) electrons. The summed E-state index contributed by atoms with van der Waals surface area (Å²) in [6.45, 7) is 6.59. The van der Waals surface area contributed by atoms with Gasteiger partial charge in [0, 0.05) is 11.7 Å². The van der Waals surface area contributed by atoms with Gasteiger partial charge in [0.2, 0.25) is 5.91 Å². The molecule has 5 nitrogen and oxygen atoms in total. The molecule has 0 aromatic heterocycles. The summed E-state index contributed by atoms with van der Waals surface area (Å²) in [6, 6.07) is -0.398. The quantitative estimate of drug-likeness (QED) is 0.754. The van der Waals surface area contributed by atoms with Crippen LogP contribution >= 0.6 is 11.8 Å². The minimum absolute atomic E-state index is 0.0968. The Balaban J connectivity index is 2.10. The normalized spacial score (nSPS) is 25.8. The molecule has 23 heavy (non-hydrogen) atoms. The van der Waals surface area contributed by atoms with Crippen molar-refractivity contribution in [1.29, 1.82) is 0 Å². The predicted octanol–water partition coefficient (Wildman–Crippen LogP) is 2.95. The molecular weight excluding hydrogens is 312 g/mol. The SMILES string of the molecule is CCONC(=O)C1CSC(CC(C)C)N1C(=O)C1CCCCC1. The lowest BCUT2D eigenvalue weighted by Crippen LogP contribution is -2.52. The van der Waals surface area contributed by atoms with Crippen LogP contribution in [0.3, 0.4) is 0 Å². The number of hydroxylamine groups is 1. The van der Waals surface area contributed by atoms with E-state index in [2.05, 4.69) is 19.3 Å². The molecule has 1 saturated heterocycles. The monoisotopic (exact) mass is 342 g/mol. The van der Waals surface area contributed by atoms with Crippen LogP contribution in [0.25, 0.3) is 0 Å². The fourth-order valence-electron chi connectivity index (χ4n) is 3.42. The maximum atomic E-state index is 13.1. The van der Waals surface area contributed by atoms with Crippen LogP contribution in [0.4, 0.5) is 0 Å². The van der Waals surface area contributed by atoms with Gasteiger partial charge in [-0.15, -0.1) is 11.8 Å². The van der Waals surface area contributed by atoms with Crippen LogP contribution in [0.5, 0.6) is 0 Å². The van der Waals surface area contributed by atoms with Crippen molar-refractivity contribution in [3.05, 3.63) is 0 Å². The Morgan fingerprint density at radius 3 is 2.57 bits per heavy atom. The standard InChI is InChI=1S/C17H30N2O3S/c1-4-22-18-16(20)14-11-23-15(10-12(2)3)19(14)17(21)13-8-6-5-7-9-13/h12-15H,4-11H2,1-3H3,(H,18,20). The molecule has 1 aliphatic carbocycles. The molecule has 2 unspecified atom stereocenters. The Morgan fingerprint density at radius 1 is 1.26 bits per heavy atom. The fourth-order valence-corrected chi connectivity index (χ4v) is 5.07. The zero-order valence-corrected chi connectivity index (χ0v) is 15.4. The number of amides is 2. The minimum atomic E-state index is -0.398. The van der Waals surface area contributed by atoms with Crippen molar-refractivity contribution in [1.82, 2.24) is 10.4 Å². The van der Waals surface area contributed by atoms with Crippen molar-refractivity contribution in [2.75, 3.05) is 12.4 Å². The number of thioether (sulfide) groups is 1. The van der Waals surface area contributed by atoms with Gasteiger partial charge in [0.05, 0.1) is 12.0 Å². The van der Waals surface area contributed by atoms with Gasteiger partial charge in [0.15, 0.2) is 0 Å². The van der Waals surface area contributed by atoms with Crippen LogP contribution in [0.2, 0.25) is 0 Å². The third-order valence-electron chi connectivity index (χ3n) is 4.59. The summed E-state index contributed by atoms with van der Waals surface area (Å²) >= 11 is 1.73. The highest BCUT2D eigenvalue weighted by Crippen LogP contribution is 2.37. The number of carbonyl (C=O) groups excluding carboxylic acids is 2. The summed E-state index contributed by atoms with van der Waals surface area (Å²) in [6.07, 6.45) is 6.34. The van der Waals surface area contributed by atoms with Crippen LogP contribution < -0.4 is 5.48 Å². The summed E-state index contributed by atoms with van der Waals surface area (Å²) < 4.78 is 0. The molecule has 1 heterocycles.